The Morgan fingerprint density at radius 2 is 1.70 bits per heavy atom. The highest BCUT2D eigenvalue weighted by Gasteiger charge is 2.22. The average molecular weight is 727 g/mol. The van der Waals surface area contributed by atoms with Crippen LogP contribution in [0.25, 0.3) is 5.69 Å². The van der Waals surface area contributed by atoms with E-state index in [2.05, 4.69) is 25.1 Å². The third kappa shape index (κ3) is 8.55. The SMILES string of the molecule is CCC(C)n1ncn(-c2ccc(N3CCN(c4ccc(OC[C@H](COc5ccc(Cl)cc5Cl)OCCn5cncn5)nc4)CC3)c(F)c2)c1=O. The molecule has 13 nitrogen and oxygen atoms in total. The Labute approximate surface area is 298 Å². The summed E-state index contributed by atoms with van der Waals surface area (Å²) in [6.45, 7) is 7.76. The van der Waals surface area contributed by atoms with Crippen molar-refractivity contribution < 1.29 is 18.6 Å². The molecule has 1 saturated heterocycles. The number of pyridine rings is 1. The molecule has 0 aliphatic carbocycles. The van der Waals surface area contributed by atoms with E-state index in [1.165, 1.54) is 28.0 Å². The average Bonchev–Trinajstić information content (AvgIpc) is 3.79. The second-order valence-electron chi connectivity index (χ2n) is 11.8. The summed E-state index contributed by atoms with van der Waals surface area (Å²) in [5.41, 5.74) is 1.59. The predicted molar refractivity (Wildman–Crippen MR) is 189 cm³/mol. The van der Waals surface area contributed by atoms with Crippen molar-refractivity contribution in [1.29, 1.82) is 0 Å². The Hall–Kier alpha value is -4.66. The van der Waals surface area contributed by atoms with Gasteiger partial charge in [-0.1, -0.05) is 30.1 Å². The number of halogens is 3. The minimum absolute atomic E-state index is 0.0379. The van der Waals surface area contributed by atoms with Crippen LogP contribution in [0.4, 0.5) is 15.8 Å². The quantitative estimate of drug-likeness (QED) is 0.141. The lowest BCUT2D eigenvalue weighted by molar-refractivity contribution is -0.0121. The standard InChI is InChI=1S/C34H38Cl2FN9O4/c1-3-24(2)46-34(47)45(23-41-46)26-5-7-31(30(37)17-26)43-12-10-42(11-13-43)27-6-9-33(39-18-27)50-20-28(48-15-14-44-22-38-21-40-44)19-49-32-8-4-25(35)16-29(32)36/h4-9,16-18,21-24,28H,3,10-15,19-20H2,1-2H3/t24?,28-/m0/s1. The molecule has 6 rings (SSSR count). The molecule has 0 amide bonds. The van der Waals surface area contributed by atoms with Crippen LogP contribution in [-0.4, -0.2) is 86.2 Å². The van der Waals surface area contributed by atoms with Crippen LogP contribution < -0.4 is 25.0 Å². The van der Waals surface area contributed by atoms with Crippen LogP contribution in [0.5, 0.6) is 11.6 Å². The molecular weight excluding hydrogens is 688 g/mol. The van der Waals surface area contributed by atoms with Crippen molar-refractivity contribution in [2.24, 2.45) is 0 Å². The van der Waals surface area contributed by atoms with Gasteiger partial charge in [-0.2, -0.15) is 10.2 Å². The third-order valence-electron chi connectivity index (χ3n) is 8.49. The maximum absolute atomic E-state index is 15.3. The lowest BCUT2D eigenvalue weighted by atomic mass is 10.2. The molecule has 2 atom stereocenters. The Morgan fingerprint density at radius 1 is 0.920 bits per heavy atom. The summed E-state index contributed by atoms with van der Waals surface area (Å²) in [6, 6.07) is 13.6. The number of benzene rings is 2. The molecule has 0 saturated carbocycles. The fourth-order valence-electron chi connectivity index (χ4n) is 5.48. The van der Waals surface area contributed by atoms with Crippen molar-refractivity contribution in [3.8, 4) is 17.3 Å². The number of rotatable bonds is 15. The van der Waals surface area contributed by atoms with E-state index in [1.54, 1.807) is 47.5 Å². The van der Waals surface area contributed by atoms with Gasteiger partial charge in [0.25, 0.3) is 0 Å². The van der Waals surface area contributed by atoms with Crippen LogP contribution >= 0.6 is 23.2 Å². The number of anilines is 2. The highest BCUT2D eigenvalue weighted by atomic mass is 35.5. The highest BCUT2D eigenvalue weighted by Crippen LogP contribution is 2.28. The van der Waals surface area contributed by atoms with Crippen LogP contribution in [0.3, 0.4) is 0 Å². The van der Waals surface area contributed by atoms with Gasteiger partial charge in [-0.05, 0) is 49.7 Å². The van der Waals surface area contributed by atoms with Gasteiger partial charge in [-0.3, -0.25) is 4.68 Å². The molecular formula is C34H38Cl2FN9O4. The number of hydrogen-bond donors (Lipinski definition) is 0. The van der Waals surface area contributed by atoms with Crippen LogP contribution in [0, 0.1) is 5.82 Å². The molecule has 1 aliphatic rings. The number of piperazine rings is 1. The van der Waals surface area contributed by atoms with Gasteiger partial charge in [0.15, 0.2) is 0 Å². The van der Waals surface area contributed by atoms with Gasteiger partial charge in [0.1, 0.15) is 49.9 Å². The van der Waals surface area contributed by atoms with Crippen LogP contribution in [0.2, 0.25) is 10.0 Å². The first-order chi connectivity index (χ1) is 24.3. The summed E-state index contributed by atoms with van der Waals surface area (Å²) in [5, 5.41) is 9.22. The first-order valence-corrected chi connectivity index (χ1v) is 17.1. The van der Waals surface area contributed by atoms with E-state index in [-0.39, 0.29) is 30.8 Å². The van der Waals surface area contributed by atoms with Gasteiger partial charge in [0.05, 0.1) is 47.5 Å². The maximum atomic E-state index is 15.3. The van der Waals surface area contributed by atoms with Crippen molar-refractivity contribution in [2.75, 3.05) is 55.8 Å². The van der Waals surface area contributed by atoms with E-state index in [1.807, 2.05) is 30.9 Å². The van der Waals surface area contributed by atoms with Crippen molar-refractivity contribution in [3.63, 3.8) is 0 Å². The number of aromatic nitrogens is 7. The van der Waals surface area contributed by atoms with Gasteiger partial charge in [-0.15, -0.1) is 0 Å². The van der Waals surface area contributed by atoms with Crippen LogP contribution in [0.15, 0.2) is 78.5 Å². The van der Waals surface area contributed by atoms with E-state index in [0.717, 1.165) is 12.1 Å². The lowest BCUT2D eigenvalue weighted by Crippen LogP contribution is -2.46. The van der Waals surface area contributed by atoms with Gasteiger partial charge in [0.2, 0.25) is 5.88 Å². The van der Waals surface area contributed by atoms with E-state index in [9.17, 15) is 4.79 Å². The summed E-state index contributed by atoms with van der Waals surface area (Å²) in [7, 11) is 0. The normalized spacial score (nSPS) is 14.5. The zero-order chi connectivity index (χ0) is 35.0. The topological polar surface area (TPSA) is 118 Å². The Morgan fingerprint density at radius 3 is 2.40 bits per heavy atom. The minimum atomic E-state index is -0.433. The van der Waals surface area contributed by atoms with E-state index < -0.39 is 6.10 Å². The summed E-state index contributed by atoms with van der Waals surface area (Å²) in [6.07, 6.45) is 6.63. The van der Waals surface area contributed by atoms with E-state index in [4.69, 9.17) is 37.4 Å². The van der Waals surface area contributed by atoms with Gasteiger partial charge in [-0.25, -0.2) is 28.4 Å². The van der Waals surface area contributed by atoms with Crippen molar-refractivity contribution >= 4 is 34.6 Å². The second-order valence-corrected chi connectivity index (χ2v) is 12.6. The van der Waals surface area contributed by atoms with Crippen molar-refractivity contribution in [3.05, 3.63) is 100 Å². The smallest absolute Gasteiger partial charge is 0.350 e. The molecule has 0 radical (unpaired) electrons. The Bertz CT molecular complexity index is 1900. The molecule has 5 aromatic rings. The largest absolute Gasteiger partial charge is 0.489 e. The summed E-state index contributed by atoms with van der Waals surface area (Å²) < 4.78 is 37.8. The first-order valence-electron chi connectivity index (χ1n) is 16.4. The minimum Gasteiger partial charge on any atom is -0.489 e. The molecule has 50 heavy (non-hydrogen) atoms. The van der Waals surface area contributed by atoms with Gasteiger partial charge < -0.3 is 24.0 Å². The van der Waals surface area contributed by atoms with Crippen LogP contribution in [-0.2, 0) is 11.3 Å². The molecule has 1 aliphatic heterocycles. The first kappa shape index (κ1) is 35.2. The van der Waals surface area contributed by atoms with Crippen LogP contribution in [0.1, 0.15) is 26.3 Å². The molecule has 16 heteroatoms. The molecule has 264 valence electrons. The van der Waals surface area contributed by atoms with Crippen molar-refractivity contribution in [1.82, 2.24) is 34.1 Å². The molecule has 0 N–H and O–H groups in total. The number of ether oxygens (including phenoxy) is 3. The third-order valence-corrected chi connectivity index (χ3v) is 9.02. The number of nitrogens with zero attached hydrogens (tertiary/aromatic N) is 9. The molecule has 4 heterocycles. The Balaban J connectivity index is 1.02. The number of hydrogen-bond acceptors (Lipinski definition) is 10. The maximum Gasteiger partial charge on any atom is 0.350 e. The molecule has 0 spiro atoms. The lowest BCUT2D eigenvalue weighted by Gasteiger charge is -2.37. The second kappa shape index (κ2) is 16.4. The molecule has 3 aromatic heterocycles. The summed E-state index contributed by atoms with van der Waals surface area (Å²) in [4.78, 5) is 25.5. The zero-order valence-electron chi connectivity index (χ0n) is 27.7. The molecule has 0 bridgehead atoms. The van der Waals surface area contributed by atoms with Gasteiger partial charge >= 0.3 is 5.69 Å². The monoisotopic (exact) mass is 725 g/mol. The fraction of sp³-hybridized carbons (Fsp3) is 0.382. The molecule has 2 aromatic carbocycles. The summed E-state index contributed by atoms with van der Waals surface area (Å²) >= 11 is 12.3. The molecule has 1 unspecified atom stereocenters. The van der Waals surface area contributed by atoms with E-state index >= 15 is 4.39 Å². The van der Waals surface area contributed by atoms with Crippen molar-refractivity contribution in [2.45, 2.75) is 39.0 Å². The van der Waals surface area contributed by atoms with Gasteiger partial charge in [0, 0.05) is 43.3 Å². The predicted octanol–water partition coefficient (Wildman–Crippen LogP) is 5.31. The zero-order valence-corrected chi connectivity index (χ0v) is 29.3. The highest BCUT2D eigenvalue weighted by molar-refractivity contribution is 6.35. The van der Waals surface area contributed by atoms with E-state index in [0.29, 0.717) is 72.4 Å². The Kier molecular flexibility index (Phi) is 11.5. The summed E-state index contributed by atoms with van der Waals surface area (Å²) in [5.74, 6) is 0.549. The molecule has 1 fully saturated rings. The fourth-order valence-corrected chi connectivity index (χ4v) is 5.94.